The highest BCUT2D eigenvalue weighted by atomic mass is 19.4. The van der Waals surface area contributed by atoms with Gasteiger partial charge in [0.2, 0.25) is 11.9 Å². The number of aryl methyl sites for hydroxylation is 1. The highest BCUT2D eigenvalue weighted by molar-refractivity contribution is 5.92. The quantitative estimate of drug-likeness (QED) is 0.481. The lowest BCUT2D eigenvalue weighted by Gasteiger charge is -2.34. The lowest BCUT2D eigenvalue weighted by Crippen LogP contribution is -2.49. The van der Waals surface area contributed by atoms with E-state index in [0.717, 1.165) is 31.7 Å². The summed E-state index contributed by atoms with van der Waals surface area (Å²) < 4.78 is 39.9. The lowest BCUT2D eigenvalue weighted by molar-refractivity contribution is -0.138. The van der Waals surface area contributed by atoms with Gasteiger partial charge in [-0.05, 0) is 25.0 Å². The van der Waals surface area contributed by atoms with Crippen LogP contribution in [0.1, 0.15) is 41.7 Å². The summed E-state index contributed by atoms with van der Waals surface area (Å²) in [6, 6.07) is 3.25. The summed E-state index contributed by atoms with van der Waals surface area (Å²) in [6.07, 6.45) is 1.56. The summed E-state index contributed by atoms with van der Waals surface area (Å²) in [5.74, 6) is -0.306. The van der Waals surface area contributed by atoms with Crippen molar-refractivity contribution >= 4 is 28.9 Å². The molecule has 0 aliphatic carbocycles. The molecular formula is C22H25F3N8O2. The van der Waals surface area contributed by atoms with Crippen LogP contribution in [0.15, 0.2) is 30.9 Å². The summed E-state index contributed by atoms with van der Waals surface area (Å²) in [6.45, 7) is 2.53. The third-order valence-corrected chi connectivity index (χ3v) is 5.89. The third kappa shape index (κ3) is 5.84. The normalized spacial score (nSPS) is 14.5. The van der Waals surface area contributed by atoms with Gasteiger partial charge in [-0.1, -0.05) is 6.42 Å². The number of carbonyl (C=O) groups is 2. The summed E-state index contributed by atoms with van der Waals surface area (Å²) >= 11 is 0. The van der Waals surface area contributed by atoms with E-state index in [9.17, 15) is 22.8 Å². The second kappa shape index (κ2) is 10.2. The second-order valence-corrected chi connectivity index (χ2v) is 8.29. The number of fused-ring (bicyclic) bond motifs is 1. The predicted molar refractivity (Wildman–Crippen MR) is 120 cm³/mol. The smallest absolute Gasteiger partial charge is 0.364 e. The number of nitrogens with zero attached hydrogens (tertiary/aromatic N) is 7. The zero-order valence-electron chi connectivity index (χ0n) is 18.9. The summed E-state index contributed by atoms with van der Waals surface area (Å²) in [5, 5.41) is 0. The van der Waals surface area contributed by atoms with Gasteiger partial charge in [0, 0.05) is 51.5 Å². The fourth-order valence-electron chi connectivity index (χ4n) is 3.92. The summed E-state index contributed by atoms with van der Waals surface area (Å²) in [4.78, 5) is 43.6. The fourth-order valence-corrected chi connectivity index (χ4v) is 3.92. The van der Waals surface area contributed by atoms with Crippen molar-refractivity contribution < 1.29 is 22.8 Å². The van der Waals surface area contributed by atoms with Gasteiger partial charge in [0.05, 0.1) is 11.9 Å². The number of alkyl halides is 3. The standard InChI is InChI=1S/C22H25F3N8O2/c23-22(24,25)15-12-27-21(28-13-15)32-10-8-31(9-11-32)18(34)4-2-1-3-7-33-14-29-17-6-5-16(19(26)35)30-20(17)33/h5-6,12-14H,1-4,7-11H2,(H2,26,35). The zero-order valence-corrected chi connectivity index (χ0v) is 18.9. The molecule has 1 aliphatic rings. The number of pyridine rings is 1. The van der Waals surface area contributed by atoms with Crippen LogP contribution in [0.4, 0.5) is 19.1 Å². The largest absolute Gasteiger partial charge is 0.419 e. The SMILES string of the molecule is NC(=O)c1ccc2ncn(CCCCCC(=O)N3CCN(c4ncc(C(F)(F)F)cn4)CC3)c2n1. The molecule has 0 bridgehead atoms. The summed E-state index contributed by atoms with van der Waals surface area (Å²) in [7, 11) is 0. The molecule has 186 valence electrons. The molecule has 0 unspecified atom stereocenters. The minimum absolute atomic E-state index is 0.0545. The number of amides is 2. The van der Waals surface area contributed by atoms with Crippen LogP contribution >= 0.6 is 0 Å². The van der Waals surface area contributed by atoms with E-state index in [1.807, 2.05) is 4.57 Å². The number of piperazine rings is 1. The molecular weight excluding hydrogens is 465 g/mol. The van der Waals surface area contributed by atoms with E-state index < -0.39 is 17.6 Å². The third-order valence-electron chi connectivity index (χ3n) is 5.89. The molecule has 1 aliphatic heterocycles. The molecule has 0 aromatic carbocycles. The molecule has 13 heteroatoms. The maximum atomic E-state index is 12.7. The predicted octanol–water partition coefficient (Wildman–Crippen LogP) is 2.25. The van der Waals surface area contributed by atoms with Crippen molar-refractivity contribution in [3.05, 3.63) is 42.1 Å². The number of rotatable bonds is 8. The molecule has 0 radical (unpaired) electrons. The molecule has 4 rings (SSSR count). The Morgan fingerprint density at radius 2 is 1.69 bits per heavy atom. The Morgan fingerprint density at radius 3 is 2.34 bits per heavy atom. The van der Waals surface area contributed by atoms with Crippen molar-refractivity contribution in [2.75, 3.05) is 31.1 Å². The maximum absolute atomic E-state index is 12.7. The Kier molecular flexibility index (Phi) is 7.12. The van der Waals surface area contributed by atoms with Crippen molar-refractivity contribution in [1.82, 2.24) is 29.4 Å². The van der Waals surface area contributed by atoms with Crippen LogP contribution in [0.25, 0.3) is 11.2 Å². The van der Waals surface area contributed by atoms with Crippen molar-refractivity contribution in [2.24, 2.45) is 5.73 Å². The van der Waals surface area contributed by atoms with Gasteiger partial charge in [-0.15, -0.1) is 0 Å². The van der Waals surface area contributed by atoms with Gasteiger partial charge in [0.15, 0.2) is 5.65 Å². The molecule has 4 heterocycles. The number of unbranched alkanes of at least 4 members (excludes halogenated alkanes) is 2. The number of nitrogens with two attached hydrogens (primary N) is 1. The van der Waals surface area contributed by atoms with E-state index in [0.29, 0.717) is 50.3 Å². The first-order valence-corrected chi connectivity index (χ1v) is 11.3. The number of hydrogen-bond acceptors (Lipinski definition) is 7. The van der Waals surface area contributed by atoms with Crippen LogP contribution in [0.2, 0.25) is 0 Å². The highest BCUT2D eigenvalue weighted by Crippen LogP contribution is 2.28. The Bertz CT molecular complexity index is 1190. The average molecular weight is 490 g/mol. The van der Waals surface area contributed by atoms with Gasteiger partial charge < -0.3 is 20.1 Å². The van der Waals surface area contributed by atoms with Crippen LogP contribution in [-0.4, -0.2) is 67.4 Å². The van der Waals surface area contributed by atoms with E-state index in [2.05, 4.69) is 19.9 Å². The van der Waals surface area contributed by atoms with Crippen LogP contribution in [0.3, 0.4) is 0 Å². The Hall–Kier alpha value is -3.77. The average Bonchev–Trinajstić information content (AvgIpc) is 3.25. The van der Waals surface area contributed by atoms with Gasteiger partial charge in [-0.2, -0.15) is 13.2 Å². The molecule has 1 saturated heterocycles. The topological polar surface area (TPSA) is 123 Å². The molecule has 1 fully saturated rings. The zero-order chi connectivity index (χ0) is 25.0. The van der Waals surface area contributed by atoms with Gasteiger partial charge in [0.25, 0.3) is 5.91 Å². The van der Waals surface area contributed by atoms with Gasteiger partial charge >= 0.3 is 6.18 Å². The Morgan fingerprint density at radius 1 is 0.971 bits per heavy atom. The van der Waals surface area contributed by atoms with Crippen LogP contribution in [0.5, 0.6) is 0 Å². The van der Waals surface area contributed by atoms with E-state index in [1.54, 1.807) is 28.3 Å². The van der Waals surface area contributed by atoms with Crippen molar-refractivity contribution in [1.29, 1.82) is 0 Å². The lowest BCUT2D eigenvalue weighted by atomic mass is 10.1. The number of halogens is 3. The number of anilines is 1. The summed E-state index contributed by atoms with van der Waals surface area (Å²) in [5.41, 5.74) is 5.89. The first kappa shape index (κ1) is 24.4. The van der Waals surface area contributed by atoms with Crippen LogP contribution < -0.4 is 10.6 Å². The van der Waals surface area contributed by atoms with Gasteiger partial charge in [-0.3, -0.25) is 9.59 Å². The molecule has 0 atom stereocenters. The number of carbonyl (C=O) groups excluding carboxylic acids is 2. The van der Waals surface area contributed by atoms with Crippen LogP contribution in [0, 0.1) is 0 Å². The van der Waals surface area contributed by atoms with E-state index >= 15 is 0 Å². The first-order chi connectivity index (χ1) is 16.7. The Labute approximate surface area is 199 Å². The molecule has 10 nitrogen and oxygen atoms in total. The minimum Gasteiger partial charge on any atom is -0.364 e. The molecule has 0 saturated carbocycles. The molecule has 3 aromatic rings. The molecule has 2 N–H and O–H groups in total. The van der Waals surface area contributed by atoms with E-state index in [-0.39, 0.29) is 17.5 Å². The van der Waals surface area contributed by atoms with Gasteiger partial charge in [-0.25, -0.2) is 19.9 Å². The molecule has 2 amide bonds. The second-order valence-electron chi connectivity index (χ2n) is 8.29. The Balaban J connectivity index is 1.18. The monoisotopic (exact) mass is 490 g/mol. The first-order valence-electron chi connectivity index (χ1n) is 11.3. The number of primary amides is 1. The number of aromatic nitrogens is 5. The maximum Gasteiger partial charge on any atom is 0.419 e. The van der Waals surface area contributed by atoms with Crippen LogP contribution in [-0.2, 0) is 17.5 Å². The molecule has 0 spiro atoms. The minimum atomic E-state index is -4.47. The van der Waals surface area contributed by atoms with E-state index in [4.69, 9.17) is 5.73 Å². The fraction of sp³-hybridized carbons (Fsp3) is 0.455. The van der Waals surface area contributed by atoms with Crippen molar-refractivity contribution in [3.8, 4) is 0 Å². The molecule has 35 heavy (non-hydrogen) atoms. The van der Waals surface area contributed by atoms with E-state index in [1.165, 1.54) is 0 Å². The van der Waals surface area contributed by atoms with Gasteiger partial charge in [0.1, 0.15) is 11.2 Å². The number of hydrogen-bond donors (Lipinski definition) is 1. The van der Waals surface area contributed by atoms with Crippen molar-refractivity contribution in [3.63, 3.8) is 0 Å². The molecule has 3 aromatic heterocycles. The highest BCUT2D eigenvalue weighted by Gasteiger charge is 2.32. The number of imidazole rings is 1. The van der Waals surface area contributed by atoms with Crippen molar-refractivity contribution in [2.45, 2.75) is 38.4 Å².